The predicted octanol–water partition coefficient (Wildman–Crippen LogP) is 8.21. The van der Waals surface area contributed by atoms with Crippen molar-refractivity contribution in [1.82, 2.24) is 0 Å². The molecule has 2 N–H and O–H groups in total. The molecular weight excluding hydrogens is 428 g/mol. The molecule has 2 nitrogen and oxygen atoms in total. The molecule has 4 rings (SSSR count). The fourth-order valence-electron chi connectivity index (χ4n) is 4.93. The lowest BCUT2D eigenvalue weighted by atomic mass is 9.73. The number of benzene rings is 4. The molecule has 0 aliphatic rings. The highest BCUT2D eigenvalue weighted by Crippen LogP contribution is 2.40. The molecule has 1 atom stereocenters. The van der Waals surface area contributed by atoms with Gasteiger partial charge in [-0.05, 0) is 52.4 Å². The van der Waals surface area contributed by atoms with Crippen LogP contribution in [0.1, 0.15) is 79.5 Å². The highest BCUT2D eigenvalue weighted by atomic mass is 16.3. The lowest BCUT2D eigenvalue weighted by Gasteiger charge is -2.30. The Kier molecular flexibility index (Phi) is 6.51. The van der Waals surface area contributed by atoms with E-state index < -0.39 is 0 Å². The summed E-state index contributed by atoms with van der Waals surface area (Å²) in [4.78, 5) is 0. The van der Waals surface area contributed by atoms with Gasteiger partial charge in [0.15, 0.2) is 0 Å². The number of hydrogen-bond acceptors (Lipinski definition) is 2. The minimum atomic E-state index is -0.231. The SMILES string of the molecule is Cc1cc(C(C)(C)c2ccc(C(C)(C)c3ccc(O)cc3)cc2)cc(C(C)c2ccccc2)c1O. The van der Waals surface area contributed by atoms with E-state index in [1.807, 2.05) is 37.3 Å². The van der Waals surface area contributed by atoms with Gasteiger partial charge in [-0.25, -0.2) is 0 Å². The molecule has 0 saturated carbocycles. The predicted molar refractivity (Wildman–Crippen MR) is 146 cm³/mol. The number of rotatable bonds is 6. The van der Waals surface area contributed by atoms with Crippen molar-refractivity contribution in [2.24, 2.45) is 0 Å². The molecule has 0 fully saturated rings. The molecule has 0 aromatic heterocycles. The van der Waals surface area contributed by atoms with Crippen LogP contribution in [0.4, 0.5) is 0 Å². The smallest absolute Gasteiger partial charge is 0.122 e. The summed E-state index contributed by atoms with van der Waals surface area (Å²) in [6.07, 6.45) is 0. The monoisotopic (exact) mass is 464 g/mol. The van der Waals surface area contributed by atoms with Gasteiger partial charge in [0.1, 0.15) is 11.5 Å². The molecule has 0 bridgehead atoms. The Bertz CT molecular complexity index is 1300. The van der Waals surface area contributed by atoms with E-state index in [-0.39, 0.29) is 22.5 Å². The summed E-state index contributed by atoms with van der Waals surface area (Å²) in [5.74, 6) is 0.762. The highest BCUT2D eigenvalue weighted by molar-refractivity contribution is 5.52. The van der Waals surface area contributed by atoms with Crippen LogP contribution in [-0.4, -0.2) is 10.2 Å². The lowest BCUT2D eigenvalue weighted by molar-refractivity contribution is 0.460. The van der Waals surface area contributed by atoms with Gasteiger partial charge in [-0.15, -0.1) is 0 Å². The Morgan fingerprint density at radius 1 is 0.600 bits per heavy atom. The molecule has 0 amide bonds. The first kappa shape index (κ1) is 24.6. The molecular formula is C33H36O2. The van der Waals surface area contributed by atoms with Crippen LogP contribution in [0.25, 0.3) is 0 Å². The van der Waals surface area contributed by atoms with Crippen LogP contribution in [0.2, 0.25) is 0 Å². The van der Waals surface area contributed by atoms with Gasteiger partial charge in [-0.3, -0.25) is 0 Å². The van der Waals surface area contributed by atoms with Gasteiger partial charge < -0.3 is 10.2 Å². The van der Waals surface area contributed by atoms with E-state index in [1.54, 1.807) is 12.1 Å². The van der Waals surface area contributed by atoms with Crippen LogP contribution < -0.4 is 0 Å². The third-order valence-electron chi connectivity index (χ3n) is 7.74. The maximum Gasteiger partial charge on any atom is 0.122 e. The van der Waals surface area contributed by atoms with Crippen LogP contribution >= 0.6 is 0 Å². The zero-order valence-electron chi connectivity index (χ0n) is 21.6. The fraction of sp³-hybridized carbons (Fsp3) is 0.273. The van der Waals surface area contributed by atoms with Crippen LogP contribution in [0.15, 0.2) is 91.0 Å². The average Bonchev–Trinajstić information content (AvgIpc) is 2.86. The summed E-state index contributed by atoms with van der Waals surface area (Å²) in [5, 5.41) is 20.6. The van der Waals surface area contributed by atoms with Crippen LogP contribution in [0, 0.1) is 6.92 Å². The van der Waals surface area contributed by atoms with Gasteiger partial charge in [0, 0.05) is 22.3 Å². The van der Waals surface area contributed by atoms with Crippen molar-refractivity contribution in [3.05, 3.63) is 130 Å². The van der Waals surface area contributed by atoms with E-state index in [0.717, 1.165) is 16.7 Å². The van der Waals surface area contributed by atoms with Crippen molar-refractivity contribution in [2.75, 3.05) is 0 Å². The van der Waals surface area contributed by atoms with Gasteiger partial charge in [-0.1, -0.05) is 113 Å². The third-order valence-corrected chi connectivity index (χ3v) is 7.74. The first-order valence-electron chi connectivity index (χ1n) is 12.3. The van der Waals surface area contributed by atoms with Crippen LogP contribution in [-0.2, 0) is 10.8 Å². The molecule has 180 valence electrons. The van der Waals surface area contributed by atoms with E-state index in [1.165, 1.54) is 22.3 Å². The van der Waals surface area contributed by atoms with Gasteiger partial charge in [0.25, 0.3) is 0 Å². The Morgan fingerprint density at radius 3 is 1.57 bits per heavy atom. The maximum absolute atomic E-state index is 10.9. The second-order valence-corrected chi connectivity index (χ2v) is 10.7. The van der Waals surface area contributed by atoms with Gasteiger partial charge in [0.05, 0.1) is 0 Å². The molecule has 4 aromatic carbocycles. The van der Waals surface area contributed by atoms with Crippen molar-refractivity contribution >= 4 is 0 Å². The molecule has 35 heavy (non-hydrogen) atoms. The van der Waals surface area contributed by atoms with E-state index >= 15 is 0 Å². The van der Waals surface area contributed by atoms with Gasteiger partial charge >= 0.3 is 0 Å². The quantitative estimate of drug-likeness (QED) is 0.302. The van der Waals surface area contributed by atoms with E-state index in [9.17, 15) is 10.2 Å². The van der Waals surface area contributed by atoms with E-state index in [2.05, 4.69) is 83.1 Å². The summed E-state index contributed by atoms with van der Waals surface area (Å²) in [6, 6.07) is 31.0. The normalized spacial score (nSPS) is 13.0. The Hall–Kier alpha value is -3.52. The largest absolute Gasteiger partial charge is 0.508 e. The van der Waals surface area contributed by atoms with Gasteiger partial charge in [-0.2, -0.15) is 0 Å². The van der Waals surface area contributed by atoms with Crippen molar-refractivity contribution in [3.8, 4) is 11.5 Å². The summed E-state index contributed by atoms with van der Waals surface area (Å²) >= 11 is 0. The van der Waals surface area contributed by atoms with E-state index in [4.69, 9.17) is 0 Å². The number of phenolic OH excluding ortho intramolecular Hbond substituents is 2. The molecule has 0 radical (unpaired) electrons. The summed E-state index contributed by atoms with van der Waals surface area (Å²) in [5.41, 5.74) is 7.45. The molecule has 0 aliphatic heterocycles. The molecule has 1 unspecified atom stereocenters. The molecule has 0 saturated heterocycles. The minimum absolute atomic E-state index is 0.0964. The van der Waals surface area contributed by atoms with Crippen LogP contribution in [0.5, 0.6) is 11.5 Å². The Balaban J connectivity index is 1.69. The lowest BCUT2D eigenvalue weighted by Crippen LogP contribution is -2.22. The highest BCUT2D eigenvalue weighted by Gasteiger charge is 2.28. The standard InChI is InChI=1S/C33H36O2/c1-22-20-28(21-30(31(22)35)23(2)24-10-8-7-9-11-24)33(5,6)26-14-12-25(13-15-26)32(3,4)27-16-18-29(34)19-17-27/h7-21,23,34-35H,1-6H3. The second kappa shape index (κ2) is 9.26. The topological polar surface area (TPSA) is 40.5 Å². The number of aryl methyl sites for hydroxylation is 1. The minimum Gasteiger partial charge on any atom is -0.508 e. The second-order valence-electron chi connectivity index (χ2n) is 10.7. The first-order valence-corrected chi connectivity index (χ1v) is 12.3. The number of phenols is 2. The van der Waals surface area contributed by atoms with Crippen molar-refractivity contribution < 1.29 is 10.2 Å². The molecule has 0 spiro atoms. The first-order chi connectivity index (χ1) is 16.5. The van der Waals surface area contributed by atoms with Crippen LogP contribution in [0.3, 0.4) is 0 Å². The summed E-state index contributed by atoms with van der Waals surface area (Å²) in [6.45, 7) is 13.0. The maximum atomic E-state index is 10.9. The van der Waals surface area contributed by atoms with Crippen molar-refractivity contribution in [1.29, 1.82) is 0 Å². The fourth-order valence-corrected chi connectivity index (χ4v) is 4.93. The molecule has 4 aromatic rings. The average molecular weight is 465 g/mol. The van der Waals surface area contributed by atoms with Gasteiger partial charge in [0.2, 0.25) is 0 Å². The third kappa shape index (κ3) is 4.71. The molecule has 0 aliphatic carbocycles. The van der Waals surface area contributed by atoms with Crippen molar-refractivity contribution in [3.63, 3.8) is 0 Å². The Labute approximate surface area is 209 Å². The molecule has 0 heterocycles. The zero-order valence-corrected chi connectivity index (χ0v) is 21.6. The number of aromatic hydroxyl groups is 2. The summed E-state index contributed by atoms with van der Waals surface area (Å²) < 4.78 is 0. The zero-order chi connectivity index (χ0) is 25.4. The Morgan fingerprint density at radius 2 is 1.06 bits per heavy atom. The van der Waals surface area contributed by atoms with Crippen molar-refractivity contribution in [2.45, 2.75) is 58.3 Å². The summed E-state index contributed by atoms with van der Waals surface area (Å²) in [7, 11) is 0. The number of hydrogen-bond donors (Lipinski definition) is 2. The van der Waals surface area contributed by atoms with E-state index in [0.29, 0.717) is 5.75 Å². The molecule has 2 heteroatoms.